The SMILES string of the molecule is N#Cc1ccc(Nc2cnc(C(=O)NCc3ccccc3)cn2)cc1. The summed E-state index contributed by atoms with van der Waals surface area (Å²) >= 11 is 0. The van der Waals surface area contributed by atoms with E-state index in [-0.39, 0.29) is 11.6 Å². The number of anilines is 2. The van der Waals surface area contributed by atoms with Gasteiger partial charge in [-0.3, -0.25) is 4.79 Å². The Kier molecular flexibility index (Phi) is 4.98. The lowest BCUT2D eigenvalue weighted by Crippen LogP contribution is -2.24. The molecule has 0 aliphatic rings. The van der Waals surface area contributed by atoms with Gasteiger partial charge in [0, 0.05) is 12.2 Å². The summed E-state index contributed by atoms with van der Waals surface area (Å²) in [5.74, 6) is 0.241. The van der Waals surface area contributed by atoms with Crippen LogP contribution >= 0.6 is 0 Å². The Morgan fingerprint density at radius 1 is 1.00 bits per heavy atom. The van der Waals surface area contributed by atoms with Crippen LogP contribution < -0.4 is 10.6 Å². The Balaban J connectivity index is 1.59. The second kappa shape index (κ2) is 7.70. The molecule has 0 saturated carbocycles. The minimum Gasteiger partial charge on any atom is -0.347 e. The zero-order chi connectivity index (χ0) is 17.5. The maximum absolute atomic E-state index is 12.1. The van der Waals surface area contributed by atoms with E-state index < -0.39 is 0 Å². The van der Waals surface area contributed by atoms with E-state index in [9.17, 15) is 4.79 Å². The molecule has 6 nitrogen and oxygen atoms in total. The van der Waals surface area contributed by atoms with E-state index >= 15 is 0 Å². The number of carbonyl (C=O) groups is 1. The monoisotopic (exact) mass is 329 g/mol. The van der Waals surface area contributed by atoms with Crippen LogP contribution in [0.4, 0.5) is 11.5 Å². The van der Waals surface area contributed by atoms with E-state index in [0.717, 1.165) is 11.3 Å². The third kappa shape index (κ3) is 4.39. The van der Waals surface area contributed by atoms with Gasteiger partial charge >= 0.3 is 0 Å². The maximum atomic E-state index is 12.1. The lowest BCUT2D eigenvalue weighted by molar-refractivity contribution is 0.0945. The first-order chi connectivity index (χ1) is 12.2. The highest BCUT2D eigenvalue weighted by molar-refractivity contribution is 5.92. The molecule has 0 atom stereocenters. The number of rotatable bonds is 5. The van der Waals surface area contributed by atoms with Gasteiger partial charge in [0.25, 0.3) is 5.91 Å². The smallest absolute Gasteiger partial charge is 0.271 e. The fourth-order valence-electron chi connectivity index (χ4n) is 2.15. The van der Waals surface area contributed by atoms with E-state index in [0.29, 0.717) is 17.9 Å². The van der Waals surface area contributed by atoms with Crippen LogP contribution in [-0.4, -0.2) is 15.9 Å². The fraction of sp³-hybridized carbons (Fsp3) is 0.0526. The van der Waals surface area contributed by atoms with Crippen molar-refractivity contribution in [3.8, 4) is 6.07 Å². The summed E-state index contributed by atoms with van der Waals surface area (Å²) in [7, 11) is 0. The summed E-state index contributed by atoms with van der Waals surface area (Å²) in [5, 5.41) is 14.7. The summed E-state index contributed by atoms with van der Waals surface area (Å²) in [5.41, 5.74) is 2.64. The molecule has 0 bridgehead atoms. The molecule has 6 heteroatoms. The van der Waals surface area contributed by atoms with Gasteiger partial charge in [0.2, 0.25) is 0 Å². The van der Waals surface area contributed by atoms with Gasteiger partial charge in [-0.1, -0.05) is 30.3 Å². The molecular formula is C19H15N5O. The quantitative estimate of drug-likeness (QED) is 0.751. The predicted octanol–water partition coefficient (Wildman–Crippen LogP) is 3.02. The first kappa shape index (κ1) is 16.1. The number of amides is 1. The first-order valence-electron chi connectivity index (χ1n) is 7.66. The molecule has 2 aromatic carbocycles. The number of nitrogens with zero attached hydrogens (tertiary/aromatic N) is 3. The van der Waals surface area contributed by atoms with E-state index in [1.807, 2.05) is 30.3 Å². The molecular weight excluding hydrogens is 314 g/mol. The van der Waals surface area contributed by atoms with E-state index in [4.69, 9.17) is 5.26 Å². The number of aromatic nitrogens is 2. The van der Waals surface area contributed by atoms with Gasteiger partial charge in [0.05, 0.1) is 24.0 Å². The molecule has 2 N–H and O–H groups in total. The minimum absolute atomic E-state index is 0.251. The summed E-state index contributed by atoms with van der Waals surface area (Å²) in [6.45, 7) is 0.437. The van der Waals surface area contributed by atoms with E-state index in [1.54, 1.807) is 24.3 Å². The molecule has 0 spiro atoms. The zero-order valence-electron chi connectivity index (χ0n) is 13.3. The standard InChI is InChI=1S/C19H15N5O/c20-10-14-6-8-16(9-7-14)24-18-13-21-17(12-22-18)19(25)23-11-15-4-2-1-3-5-15/h1-9,12-13H,11H2,(H,22,24)(H,23,25). The molecule has 3 aromatic rings. The van der Waals surface area contributed by atoms with Crippen molar-refractivity contribution in [2.45, 2.75) is 6.54 Å². The molecule has 0 aliphatic carbocycles. The Morgan fingerprint density at radius 3 is 2.40 bits per heavy atom. The number of hydrogen-bond donors (Lipinski definition) is 2. The minimum atomic E-state index is -0.277. The van der Waals surface area contributed by atoms with Crippen molar-refractivity contribution < 1.29 is 4.79 Å². The second-order valence-corrected chi connectivity index (χ2v) is 5.27. The van der Waals surface area contributed by atoms with Gasteiger partial charge in [-0.2, -0.15) is 5.26 Å². The van der Waals surface area contributed by atoms with Gasteiger partial charge in [-0.15, -0.1) is 0 Å². The molecule has 0 aliphatic heterocycles. The number of nitrogens with one attached hydrogen (secondary N) is 2. The normalized spacial score (nSPS) is 9.88. The molecule has 1 aromatic heterocycles. The Hall–Kier alpha value is -3.72. The number of hydrogen-bond acceptors (Lipinski definition) is 5. The summed E-state index contributed by atoms with van der Waals surface area (Å²) in [6, 6.07) is 18.7. The van der Waals surface area contributed by atoms with Gasteiger partial charge in [0.1, 0.15) is 11.5 Å². The Bertz CT molecular complexity index is 884. The van der Waals surface area contributed by atoms with Crippen LogP contribution in [0.5, 0.6) is 0 Å². The topological polar surface area (TPSA) is 90.7 Å². The van der Waals surface area contributed by atoms with Crippen LogP contribution in [0.1, 0.15) is 21.6 Å². The molecule has 1 amide bonds. The van der Waals surface area contributed by atoms with Gasteiger partial charge in [-0.25, -0.2) is 9.97 Å². The Morgan fingerprint density at radius 2 is 1.76 bits per heavy atom. The van der Waals surface area contributed by atoms with Crippen LogP contribution in [0.2, 0.25) is 0 Å². The highest BCUT2D eigenvalue weighted by atomic mass is 16.1. The molecule has 0 unspecified atom stereocenters. The summed E-state index contributed by atoms with van der Waals surface area (Å²) in [6.07, 6.45) is 2.92. The zero-order valence-corrected chi connectivity index (χ0v) is 13.3. The van der Waals surface area contributed by atoms with Crippen LogP contribution in [0, 0.1) is 11.3 Å². The van der Waals surface area contributed by atoms with Crippen molar-refractivity contribution in [1.82, 2.24) is 15.3 Å². The molecule has 122 valence electrons. The van der Waals surface area contributed by atoms with Crippen molar-refractivity contribution in [3.63, 3.8) is 0 Å². The fourth-order valence-corrected chi connectivity index (χ4v) is 2.15. The molecule has 0 radical (unpaired) electrons. The average molecular weight is 329 g/mol. The van der Waals surface area contributed by atoms with Crippen molar-refractivity contribution in [2.75, 3.05) is 5.32 Å². The largest absolute Gasteiger partial charge is 0.347 e. The van der Waals surface area contributed by atoms with Crippen molar-refractivity contribution in [1.29, 1.82) is 5.26 Å². The van der Waals surface area contributed by atoms with Crippen molar-refractivity contribution in [2.24, 2.45) is 0 Å². The lowest BCUT2D eigenvalue weighted by Gasteiger charge is -2.07. The lowest BCUT2D eigenvalue weighted by atomic mass is 10.2. The highest BCUT2D eigenvalue weighted by Crippen LogP contribution is 2.14. The third-order valence-corrected chi connectivity index (χ3v) is 3.47. The van der Waals surface area contributed by atoms with Crippen LogP contribution in [0.15, 0.2) is 67.0 Å². The second-order valence-electron chi connectivity index (χ2n) is 5.27. The summed E-state index contributed by atoms with van der Waals surface area (Å²) in [4.78, 5) is 20.4. The average Bonchev–Trinajstić information content (AvgIpc) is 2.68. The third-order valence-electron chi connectivity index (χ3n) is 3.47. The molecule has 25 heavy (non-hydrogen) atoms. The van der Waals surface area contributed by atoms with Crippen molar-refractivity contribution in [3.05, 3.63) is 83.8 Å². The Labute approximate surface area is 145 Å². The first-order valence-corrected chi connectivity index (χ1v) is 7.66. The molecule has 1 heterocycles. The van der Waals surface area contributed by atoms with Crippen LogP contribution in [-0.2, 0) is 6.54 Å². The summed E-state index contributed by atoms with van der Waals surface area (Å²) < 4.78 is 0. The van der Waals surface area contributed by atoms with Gasteiger partial charge in [0.15, 0.2) is 0 Å². The highest BCUT2D eigenvalue weighted by Gasteiger charge is 2.08. The molecule has 0 fully saturated rings. The van der Waals surface area contributed by atoms with Crippen LogP contribution in [0.25, 0.3) is 0 Å². The maximum Gasteiger partial charge on any atom is 0.271 e. The number of nitriles is 1. The van der Waals surface area contributed by atoms with Crippen molar-refractivity contribution >= 4 is 17.4 Å². The molecule has 3 rings (SSSR count). The predicted molar refractivity (Wildman–Crippen MR) is 94.1 cm³/mol. The molecule has 0 saturated heterocycles. The van der Waals surface area contributed by atoms with E-state index in [2.05, 4.69) is 26.7 Å². The van der Waals surface area contributed by atoms with Gasteiger partial charge in [-0.05, 0) is 29.8 Å². The number of benzene rings is 2. The van der Waals surface area contributed by atoms with Gasteiger partial charge < -0.3 is 10.6 Å². The van der Waals surface area contributed by atoms with E-state index in [1.165, 1.54) is 12.4 Å². The number of carbonyl (C=O) groups excluding carboxylic acids is 1. The van der Waals surface area contributed by atoms with Crippen LogP contribution in [0.3, 0.4) is 0 Å².